The topological polar surface area (TPSA) is 81.2 Å². The maximum absolute atomic E-state index is 11.9. The van der Waals surface area contributed by atoms with Crippen molar-refractivity contribution < 1.29 is 19.0 Å². The van der Waals surface area contributed by atoms with Gasteiger partial charge in [-0.05, 0) is 48.5 Å². The van der Waals surface area contributed by atoms with E-state index in [0.717, 1.165) is 23.5 Å². The molecular formula is C24H25N3O4. The Hall–Kier alpha value is -4.00. The average Bonchev–Trinajstić information content (AvgIpc) is 2.81. The van der Waals surface area contributed by atoms with Crippen molar-refractivity contribution in [3.63, 3.8) is 0 Å². The van der Waals surface area contributed by atoms with Gasteiger partial charge in [0.15, 0.2) is 0 Å². The molecule has 0 atom stereocenters. The van der Waals surface area contributed by atoms with Crippen LogP contribution in [0.25, 0.3) is 0 Å². The van der Waals surface area contributed by atoms with E-state index in [-0.39, 0.29) is 0 Å². The number of hydrazone groups is 1. The van der Waals surface area contributed by atoms with E-state index in [1.165, 1.54) is 0 Å². The van der Waals surface area contributed by atoms with Crippen molar-refractivity contribution in [2.45, 2.75) is 6.42 Å². The van der Waals surface area contributed by atoms with Crippen LogP contribution in [0, 0.1) is 0 Å². The number of rotatable bonds is 10. The van der Waals surface area contributed by atoms with Crippen LogP contribution in [-0.2, 0) is 0 Å². The Morgan fingerprint density at radius 3 is 2.32 bits per heavy atom. The maximum atomic E-state index is 11.9. The Balaban J connectivity index is 1.41. The molecule has 0 spiro atoms. The molecule has 0 fully saturated rings. The number of carbonyl (C=O) groups excluding carboxylic acids is 1. The highest BCUT2D eigenvalue weighted by Crippen LogP contribution is 2.18. The number of nitrogens with zero attached hydrogens (tertiary/aromatic N) is 1. The fourth-order valence-corrected chi connectivity index (χ4v) is 2.66. The molecule has 7 heteroatoms. The quantitative estimate of drug-likeness (QED) is 0.284. The van der Waals surface area contributed by atoms with Crippen molar-refractivity contribution in [2.24, 2.45) is 5.10 Å². The number of hydrogen-bond donors (Lipinski definition) is 2. The highest BCUT2D eigenvalue weighted by atomic mass is 16.5. The minimum atomic E-state index is -0.420. The number of methoxy groups -OCH3 is 1. The number of hydrogen-bond acceptors (Lipinski definition) is 5. The van der Waals surface area contributed by atoms with Crippen molar-refractivity contribution in [3.8, 4) is 17.2 Å². The fraction of sp³-hybridized carbons (Fsp3) is 0.167. The summed E-state index contributed by atoms with van der Waals surface area (Å²) in [4.78, 5) is 11.9. The van der Waals surface area contributed by atoms with E-state index in [0.29, 0.717) is 24.7 Å². The van der Waals surface area contributed by atoms with E-state index in [4.69, 9.17) is 14.2 Å². The Labute approximate surface area is 181 Å². The number of para-hydroxylation sites is 2. The first-order valence-corrected chi connectivity index (χ1v) is 9.88. The minimum Gasteiger partial charge on any atom is -0.497 e. The SMILES string of the molecule is COc1ccc(OCCCOc2ccccc2/C=N/NC(=O)Nc2ccccc2)cc1. The third-order valence-corrected chi connectivity index (χ3v) is 4.19. The van der Waals surface area contributed by atoms with Gasteiger partial charge in [-0.1, -0.05) is 30.3 Å². The highest BCUT2D eigenvalue weighted by Gasteiger charge is 2.03. The number of urea groups is 1. The second-order valence-electron chi connectivity index (χ2n) is 6.45. The second-order valence-corrected chi connectivity index (χ2v) is 6.45. The summed E-state index contributed by atoms with van der Waals surface area (Å²) >= 11 is 0. The zero-order valence-corrected chi connectivity index (χ0v) is 17.3. The van der Waals surface area contributed by atoms with Gasteiger partial charge in [0, 0.05) is 17.7 Å². The van der Waals surface area contributed by atoms with E-state index < -0.39 is 6.03 Å². The molecular weight excluding hydrogens is 394 g/mol. The molecule has 2 amide bonds. The summed E-state index contributed by atoms with van der Waals surface area (Å²) in [6.07, 6.45) is 2.27. The van der Waals surface area contributed by atoms with Gasteiger partial charge in [0.25, 0.3) is 0 Å². The number of ether oxygens (including phenoxy) is 3. The summed E-state index contributed by atoms with van der Waals surface area (Å²) in [7, 11) is 1.63. The van der Waals surface area contributed by atoms with E-state index in [2.05, 4.69) is 15.8 Å². The summed E-state index contributed by atoms with van der Waals surface area (Å²) in [6, 6.07) is 23.7. The first-order chi connectivity index (χ1) is 15.2. The normalized spacial score (nSPS) is 10.5. The maximum Gasteiger partial charge on any atom is 0.339 e. The molecule has 7 nitrogen and oxygen atoms in total. The predicted molar refractivity (Wildman–Crippen MR) is 121 cm³/mol. The minimum absolute atomic E-state index is 0.420. The molecule has 3 aromatic rings. The molecule has 0 unspecified atom stereocenters. The molecule has 0 aliphatic heterocycles. The highest BCUT2D eigenvalue weighted by molar-refractivity contribution is 5.90. The van der Waals surface area contributed by atoms with Gasteiger partial charge in [0.05, 0.1) is 26.5 Å². The van der Waals surface area contributed by atoms with E-state index in [9.17, 15) is 4.79 Å². The third-order valence-electron chi connectivity index (χ3n) is 4.19. The molecule has 2 N–H and O–H groups in total. The first kappa shape index (κ1) is 21.7. The van der Waals surface area contributed by atoms with Gasteiger partial charge in [-0.2, -0.15) is 5.10 Å². The molecule has 0 aliphatic carbocycles. The summed E-state index contributed by atoms with van der Waals surface area (Å²) in [5.74, 6) is 2.26. The Morgan fingerprint density at radius 1 is 0.871 bits per heavy atom. The lowest BCUT2D eigenvalue weighted by molar-refractivity contribution is 0.247. The number of anilines is 1. The lowest BCUT2D eigenvalue weighted by Crippen LogP contribution is -2.24. The van der Waals surface area contributed by atoms with Crippen LogP contribution in [0.5, 0.6) is 17.2 Å². The van der Waals surface area contributed by atoms with Crippen LogP contribution >= 0.6 is 0 Å². The molecule has 31 heavy (non-hydrogen) atoms. The van der Waals surface area contributed by atoms with Crippen LogP contribution in [0.15, 0.2) is 84.0 Å². The predicted octanol–water partition coefficient (Wildman–Crippen LogP) is 4.70. The monoisotopic (exact) mass is 419 g/mol. The molecule has 0 aliphatic rings. The number of carbonyl (C=O) groups is 1. The lowest BCUT2D eigenvalue weighted by Gasteiger charge is -2.10. The summed E-state index contributed by atoms with van der Waals surface area (Å²) in [5.41, 5.74) is 3.90. The lowest BCUT2D eigenvalue weighted by atomic mass is 10.2. The Morgan fingerprint density at radius 2 is 1.55 bits per heavy atom. The Kier molecular flexibility index (Phi) is 8.31. The largest absolute Gasteiger partial charge is 0.497 e. The number of nitrogens with one attached hydrogen (secondary N) is 2. The van der Waals surface area contributed by atoms with Gasteiger partial charge < -0.3 is 19.5 Å². The zero-order valence-electron chi connectivity index (χ0n) is 17.3. The number of benzene rings is 3. The molecule has 0 bridgehead atoms. The summed E-state index contributed by atoms with van der Waals surface area (Å²) in [5, 5.41) is 6.69. The molecule has 160 valence electrons. The number of amides is 2. The fourth-order valence-electron chi connectivity index (χ4n) is 2.66. The molecule has 0 radical (unpaired) electrons. The van der Waals surface area contributed by atoms with Gasteiger partial charge in [-0.15, -0.1) is 0 Å². The zero-order chi connectivity index (χ0) is 21.7. The van der Waals surface area contributed by atoms with Crippen LogP contribution in [0.1, 0.15) is 12.0 Å². The molecule has 3 rings (SSSR count). The summed E-state index contributed by atoms with van der Waals surface area (Å²) in [6.45, 7) is 1.02. The van der Waals surface area contributed by atoms with Crippen LogP contribution in [-0.4, -0.2) is 32.6 Å². The van der Waals surface area contributed by atoms with Crippen molar-refractivity contribution in [1.29, 1.82) is 0 Å². The van der Waals surface area contributed by atoms with E-state index in [1.54, 1.807) is 25.5 Å². The average molecular weight is 419 g/mol. The van der Waals surface area contributed by atoms with E-state index >= 15 is 0 Å². The van der Waals surface area contributed by atoms with Crippen molar-refractivity contribution in [2.75, 3.05) is 25.6 Å². The molecule has 0 saturated heterocycles. The van der Waals surface area contributed by atoms with Crippen LogP contribution < -0.4 is 25.0 Å². The molecule has 0 saturated carbocycles. The van der Waals surface area contributed by atoms with Crippen LogP contribution in [0.3, 0.4) is 0 Å². The third kappa shape index (κ3) is 7.40. The first-order valence-electron chi connectivity index (χ1n) is 9.88. The van der Waals surface area contributed by atoms with E-state index in [1.807, 2.05) is 66.7 Å². The summed E-state index contributed by atoms with van der Waals surface area (Å²) < 4.78 is 16.7. The van der Waals surface area contributed by atoms with Crippen LogP contribution in [0.4, 0.5) is 10.5 Å². The molecule has 0 heterocycles. The van der Waals surface area contributed by atoms with Crippen LogP contribution in [0.2, 0.25) is 0 Å². The van der Waals surface area contributed by atoms with Gasteiger partial charge in [0.2, 0.25) is 0 Å². The van der Waals surface area contributed by atoms with Gasteiger partial charge in [0.1, 0.15) is 17.2 Å². The van der Waals surface area contributed by atoms with Gasteiger partial charge >= 0.3 is 6.03 Å². The second kappa shape index (κ2) is 11.9. The van der Waals surface area contributed by atoms with Crippen molar-refractivity contribution in [1.82, 2.24) is 5.43 Å². The van der Waals surface area contributed by atoms with Gasteiger partial charge in [-0.25, -0.2) is 10.2 Å². The van der Waals surface area contributed by atoms with Crippen molar-refractivity contribution >= 4 is 17.9 Å². The van der Waals surface area contributed by atoms with Crippen molar-refractivity contribution in [3.05, 3.63) is 84.4 Å². The Bertz CT molecular complexity index is 976. The molecule has 3 aromatic carbocycles. The standard InChI is InChI=1S/C24H25N3O4/c1-29-21-12-14-22(15-13-21)30-16-7-17-31-23-11-6-5-8-19(23)18-25-27-24(28)26-20-9-3-2-4-10-20/h2-6,8-15,18H,7,16-17H2,1H3,(H2,26,27,28)/b25-18+. The van der Waals surface area contributed by atoms with Gasteiger partial charge in [-0.3, -0.25) is 0 Å². The molecule has 0 aromatic heterocycles. The smallest absolute Gasteiger partial charge is 0.339 e.